The van der Waals surface area contributed by atoms with E-state index >= 15 is 0 Å². The summed E-state index contributed by atoms with van der Waals surface area (Å²) in [6, 6.07) is 14.7. The van der Waals surface area contributed by atoms with Gasteiger partial charge in [-0.05, 0) is 41.3 Å². The minimum absolute atomic E-state index is 0.227. The van der Waals surface area contributed by atoms with Crippen LogP contribution in [0.15, 0.2) is 41.8 Å². The minimum atomic E-state index is -0.227. The lowest BCUT2D eigenvalue weighted by Gasteiger charge is -2.11. The van der Waals surface area contributed by atoms with E-state index in [0.29, 0.717) is 0 Å². The van der Waals surface area contributed by atoms with Crippen LogP contribution in [0.1, 0.15) is 40.8 Å². The van der Waals surface area contributed by atoms with E-state index in [0.717, 1.165) is 18.0 Å². The number of thiophene rings is 1. The molecular weight excluding hydrogens is 252 g/mol. The van der Waals surface area contributed by atoms with Crippen LogP contribution in [0.4, 0.5) is 0 Å². The average Bonchev–Trinajstić information content (AvgIpc) is 3.17. The molecule has 1 fully saturated rings. The van der Waals surface area contributed by atoms with Gasteiger partial charge in [0, 0.05) is 11.4 Å². The van der Waals surface area contributed by atoms with Crippen LogP contribution in [0.3, 0.4) is 0 Å². The van der Waals surface area contributed by atoms with Gasteiger partial charge in [-0.1, -0.05) is 30.3 Å². The van der Waals surface area contributed by atoms with Crippen molar-refractivity contribution in [1.82, 2.24) is 5.32 Å². The van der Waals surface area contributed by atoms with Crippen molar-refractivity contribution in [3.63, 3.8) is 0 Å². The first kappa shape index (κ1) is 12.4. The third kappa shape index (κ3) is 3.04. The average molecular weight is 268 g/mol. The highest BCUT2D eigenvalue weighted by atomic mass is 32.1. The van der Waals surface area contributed by atoms with Gasteiger partial charge in [0.1, 0.15) is 6.04 Å². The molecule has 1 aliphatic carbocycles. The van der Waals surface area contributed by atoms with E-state index in [1.54, 1.807) is 11.3 Å². The number of nitrogens with zero attached hydrogens (tertiary/aromatic N) is 1. The largest absolute Gasteiger partial charge is 0.293 e. The first-order valence-corrected chi connectivity index (χ1v) is 7.50. The number of rotatable bonds is 5. The third-order valence-electron chi connectivity index (χ3n) is 3.51. The fourth-order valence-electron chi connectivity index (χ4n) is 2.23. The molecule has 2 aromatic rings. The van der Waals surface area contributed by atoms with Crippen molar-refractivity contribution < 1.29 is 0 Å². The van der Waals surface area contributed by atoms with Gasteiger partial charge in [0.05, 0.1) is 6.07 Å². The molecule has 3 heteroatoms. The summed E-state index contributed by atoms with van der Waals surface area (Å²) in [5.74, 6) is 0.772. The monoisotopic (exact) mass is 268 g/mol. The predicted molar refractivity (Wildman–Crippen MR) is 77.9 cm³/mol. The van der Waals surface area contributed by atoms with Crippen LogP contribution in [-0.4, -0.2) is 0 Å². The van der Waals surface area contributed by atoms with Gasteiger partial charge in [-0.2, -0.15) is 5.26 Å². The molecule has 0 amide bonds. The lowest BCUT2D eigenvalue weighted by Crippen LogP contribution is -2.18. The highest BCUT2D eigenvalue weighted by Crippen LogP contribution is 2.40. The molecule has 1 aromatic heterocycles. The fourth-order valence-corrected chi connectivity index (χ4v) is 2.89. The SMILES string of the molecule is N#CC(NCc1cccs1)c1ccc(C2CC2)cc1. The van der Waals surface area contributed by atoms with E-state index in [1.165, 1.54) is 23.3 Å². The van der Waals surface area contributed by atoms with E-state index in [-0.39, 0.29) is 6.04 Å². The van der Waals surface area contributed by atoms with Crippen LogP contribution < -0.4 is 5.32 Å². The molecule has 1 atom stereocenters. The van der Waals surface area contributed by atoms with Crippen molar-refractivity contribution in [2.45, 2.75) is 31.3 Å². The lowest BCUT2D eigenvalue weighted by atomic mass is 10.0. The minimum Gasteiger partial charge on any atom is -0.293 e. The van der Waals surface area contributed by atoms with E-state index in [4.69, 9.17) is 0 Å². The van der Waals surface area contributed by atoms with Gasteiger partial charge in [-0.15, -0.1) is 11.3 Å². The molecule has 1 heterocycles. The van der Waals surface area contributed by atoms with Crippen LogP contribution in [-0.2, 0) is 6.54 Å². The maximum atomic E-state index is 9.29. The normalized spacial score (nSPS) is 15.9. The van der Waals surface area contributed by atoms with Crippen molar-refractivity contribution in [1.29, 1.82) is 5.26 Å². The molecule has 0 bridgehead atoms. The second-order valence-corrected chi connectivity index (χ2v) is 6.00. The standard InChI is InChI=1S/C16H16N2S/c17-10-16(18-11-15-2-1-9-19-15)14-7-5-13(6-8-14)12-3-4-12/h1-2,5-9,12,16,18H,3-4,11H2. The van der Waals surface area contributed by atoms with Crippen LogP contribution in [0, 0.1) is 11.3 Å². The number of nitriles is 1. The highest BCUT2D eigenvalue weighted by Gasteiger charge is 2.23. The molecule has 0 saturated heterocycles. The van der Waals surface area contributed by atoms with Crippen LogP contribution in [0.25, 0.3) is 0 Å². The Morgan fingerprint density at radius 3 is 2.63 bits per heavy atom. The molecule has 1 aliphatic rings. The summed E-state index contributed by atoms with van der Waals surface area (Å²) < 4.78 is 0. The van der Waals surface area contributed by atoms with Crippen molar-refractivity contribution >= 4 is 11.3 Å². The molecule has 1 aromatic carbocycles. The van der Waals surface area contributed by atoms with Crippen LogP contribution in [0.5, 0.6) is 0 Å². The molecular formula is C16H16N2S. The van der Waals surface area contributed by atoms with E-state index in [9.17, 15) is 5.26 Å². The second kappa shape index (κ2) is 5.56. The summed E-state index contributed by atoms with van der Waals surface area (Å²) in [5.41, 5.74) is 2.47. The molecule has 0 radical (unpaired) electrons. The van der Waals surface area contributed by atoms with Gasteiger partial charge >= 0.3 is 0 Å². The smallest absolute Gasteiger partial charge is 0.121 e. The first-order valence-electron chi connectivity index (χ1n) is 6.62. The maximum Gasteiger partial charge on any atom is 0.121 e. The number of hydrogen-bond acceptors (Lipinski definition) is 3. The number of benzene rings is 1. The van der Waals surface area contributed by atoms with E-state index in [2.05, 4.69) is 47.1 Å². The lowest BCUT2D eigenvalue weighted by molar-refractivity contribution is 0.636. The fraction of sp³-hybridized carbons (Fsp3) is 0.312. The summed E-state index contributed by atoms with van der Waals surface area (Å²) in [7, 11) is 0. The maximum absolute atomic E-state index is 9.29. The van der Waals surface area contributed by atoms with Gasteiger partial charge in [0.15, 0.2) is 0 Å². The topological polar surface area (TPSA) is 35.8 Å². The Morgan fingerprint density at radius 2 is 2.05 bits per heavy atom. The van der Waals surface area contributed by atoms with Crippen LogP contribution >= 0.6 is 11.3 Å². The summed E-state index contributed by atoms with van der Waals surface area (Å²) >= 11 is 1.71. The Balaban J connectivity index is 1.65. The van der Waals surface area contributed by atoms with E-state index < -0.39 is 0 Å². The Hall–Kier alpha value is -1.63. The Bertz CT molecular complexity index is 562. The van der Waals surface area contributed by atoms with Crippen molar-refractivity contribution in [2.75, 3.05) is 0 Å². The molecule has 1 saturated carbocycles. The molecule has 1 N–H and O–H groups in total. The molecule has 1 unspecified atom stereocenters. The molecule has 2 nitrogen and oxygen atoms in total. The van der Waals surface area contributed by atoms with E-state index in [1.807, 2.05) is 6.07 Å². The Kier molecular flexibility index (Phi) is 3.63. The van der Waals surface area contributed by atoms with Gasteiger partial charge in [0.2, 0.25) is 0 Å². The summed E-state index contributed by atoms with van der Waals surface area (Å²) in [5, 5.41) is 14.6. The van der Waals surface area contributed by atoms with Gasteiger partial charge in [-0.3, -0.25) is 5.32 Å². The van der Waals surface area contributed by atoms with Gasteiger partial charge in [0.25, 0.3) is 0 Å². The highest BCUT2D eigenvalue weighted by molar-refractivity contribution is 7.09. The Labute approximate surface area is 117 Å². The van der Waals surface area contributed by atoms with Gasteiger partial charge < -0.3 is 0 Å². The quantitative estimate of drug-likeness (QED) is 0.890. The van der Waals surface area contributed by atoms with Crippen LogP contribution in [0.2, 0.25) is 0 Å². The zero-order chi connectivity index (χ0) is 13.1. The zero-order valence-corrected chi connectivity index (χ0v) is 11.5. The summed E-state index contributed by atoms with van der Waals surface area (Å²) in [4.78, 5) is 1.26. The van der Waals surface area contributed by atoms with Crippen molar-refractivity contribution in [2.24, 2.45) is 0 Å². The number of hydrogen-bond donors (Lipinski definition) is 1. The molecule has 0 spiro atoms. The predicted octanol–water partition coefficient (Wildman–Crippen LogP) is 3.98. The molecule has 96 valence electrons. The molecule has 0 aliphatic heterocycles. The van der Waals surface area contributed by atoms with Gasteiger partial charge in [-0.25, -0.2) is 0 Å². The first-order chi connectivity index (χ1) is 9.36. The summed E-state index contributed by atoms with van der Waals surface area (Å²) in [6.07, 6.45) is 2.63. The molecule has 19 heavy (non-hydrogen) atoms. The van der Waals surface area contributed by atoms with Crippen molar-refractivity contribution in [3.05, 3.63) is 57.8 Å². The molecule has 3 rings (SSSR count). The zero-order valence-electron chi connectivity index (χ0n) is 10.7. The third-order valence-corrected chi connectivity index (χ3v) is 4.38. The second-order valence-electron chi connectivity index (χ2n) is 4.96. The Morgan fingerprint density at radius 1 is 1.26 bits per heavy atom. The summed E-state index contributed by atoms with van der Waals surface area (Å²) in [6.45, 7) is 0.750. The number of nitrogens with one attached hydrogen (secondary N) is 1. The van der Waals surface area contributed by atoms with Crippen molar-refractivity contribution in [3.8, 4) is 6.07 Å².